The van der Waals surface area contributed by atoms with E-state index in [0.717, 1.165) is 17.8 Å². The number of thiazole rings is 1. The zero-order valence-corrected chi connectivity index (χ0v) is 16.3. The van der Waals surface area contributed by atoms with Crippen LogP contribution in [0.4, 0.5) is 8.78 Å². The van der Waals surface area contributed by atoms with Gasteiger partial charge < -0.3 is 5.32 Å². The normalized spacial score (nSPS) is 12.3. The van der Waals surface area contributed by atoms with Crippen molar-refractivity contribution in [2.24, 2.45) is 5.41 Å². The quantitative estimate of drug-likeness (QED) is 0.793. The highest BCUT2D eigenvalue weighted by atomic mass is 32.1. The van der Waals surface area contributed by atoms with Gasteiger partial charge in [-0.1, -0.05) is 26.8 Å². The molecule has 0 unspecified atom stereocenters. The van der Waals surface area contributed by atoms with E-state index in [1.807, 2.05) is 13.8 Å². The Kier molecular flexibility index (Phi) is 5.33. The van der Waals surface area contributed by atoms with Crippen molar-refractivity contribution in [1.29, 1.82) is 0 Å². The van der Waals surface area contributed by atoms with Crippen LogP contribution in [-0.4, -0.2) is 16.4 Å². The third-order valence-corrected chi connectivity index (χ3v) is 4.78. The molecule has 1 amide bonds. The van der Waals surface area contributed by atoms with Crippen molar-refractivity contribution in [2.45, 2.75) is 53.5 Å². The van der Waals surface area contributed by atoms with Crippen molar-refractivity contribution in [1.82, 2.24) is 10.3 Å². The van der Waals surface area contributed by atoms with Crippen LogP contribution in [-0.2, 0) is 0 Å². The first-order valence-electron chi connectivity index (χ1n) is 8.14. The Bertz CT molecular complexity index is 771. The molecule has 0 bridgehead atoms. The largest absolute Gasteiger partial charge is 0.346 e. The van der Waals surface area contributed by atoms with Crippen LogP contribution in [0, 0.1) is 24.0 Å². The van der Waals surface area contributed by atoms with Crippen molar-refractivity contribution in [2.75, 3.05) is 0 Å². The molecule has 25 heavy (non-hydrogen) atoms. The number of carbonyl (C=O) groups excluding carboxylic acids is 1. The number of amides is 1. The summed E-state index contributed by atoms with van der Waals surface area (Å²) < 4.78 is 27.9. The first kappa shape index (κ1) is 19.5. The number of nitrogens with one attached hydrogen (secondary N) is 1. The molecule has 1 aromatic carbocycles. The van der Waals surface area contributed by atoms with Crippen LogP contribution in [0.15, 0.2) is 18.2 Å². The number of benzene rings is 1. The molecule has 6 heteroatoms. The van der Waals surface area contributed by atoms with Gasteiger partial charge in [-0.05, 0) is 44.7 Å². The molecule has 2 rings (SSSR count). The average molecular weight is 366 g/mol. The van der Waals surface area contributed by atoms with E-state index in [0.29, 0.717) is 10.6 Å². The molecule has 1 heterocycles. The first-order chi connectivity index (χ1) is 11.4. The van der Waals surface area contributed by atoms with Crippen molar-refractivity contribution in [3.05, 3.63) is 40.4 Å². The molecule has 0 aliphatic rings. The van der Waals surface area contributed by atoms with Crippen molar-refractivity contribution in [3.8, 4) is 10.6 Å². The lowest BCUT2D eigenvalue weighted by Crippen LogP contribution is -2.45. The van der Waals surface area contributed by atoms with Crippen LogP contribution in [0.1, 0.15) is 56.4 Å². The lowest BCUT2D eigenvalue weighted by atomic mass is 9.82. The highest BCUT2D eigenvalue weighted by Crippen LogP contribution is 2.33. The lowest BCUT2D eigenvalue weighted by molar-refractivity contribution is 0.0895. The second kappa shape index (κ2) is 6.83. The summed E-state index contributed by atoms with van der Waals surface area (Å²) in [6, 6.07) is 3.67. The number of halogens is 2. The van der Waals surface area contributed by atoms with Gasteiger partial charge >= 0.3 is 0 Å². The Morgan fingerprint density at radius 1 is 1.16 bits per heavy atom. The molecule has 0 fully saturated rings. The predicted octanol–water partition coefficient (Wildman–Crippen LogP) is 5.34. The average Bonchev–Trinajstić information content (AvgIpc) is 2.76. The second-order valence-electron chi connectivity index (χ2n) is 8.11. The van der Waals surface area contributed by atoms with Gasteiger partial charge in [0.2, 0.25) is 0 Å². The monoisotopic (exact) mass is 366 g/mol. The number of carbonyl (C=O) groups is 1. The third-order valence-electron chi connectivity index (χ3n) is 3.60. The van der Waals surface area contributed by atoms with Crippen LogP contribution >= 0.6 is 11.3 Å². The van der Waals surface area contributed by atoms with E-state index in [1.54, 1.807) is 6.92 Å². The smallest absolute Gasteiger partial charge is 0.263 e. The van der Waals surface area contributed by atoms with E-state index in [9.17, 15) is 13.6 Å². The van der Waals surface area contributed by atoms with E-state index in [1.165, 1.54) is 18.2 Å². The summed E-state index contributed by atoms with van der Waals surface area (Å²) in [5.74, 6) is -1.64. The SMILES string of the molecule is Cc1nc(-c2c(F)cccc2F)sc1C(=O)NC(C)(C)CC(C)(C)C. The molecule has 0 aliphatic carbocycles. The molecule has 3 nitrogen and oxygen atoms in total. The predicted molar refractivity (Wildman–Crippen MR) is 97.8 cm³/mol. The minimum Gasteiger partial charge on any atom is -0.346 e. The van der Waals surface area contributed by atoms with Crippen molar-refractivity contribution < 1.29 is 13.6 Å². The van der Waals surface area contributed by atoms with Gasteiger partial charge in [-0.2, -0.15) is 0 Å². The number of aromatic nitrogens is 1. The Balaban J connectivity index is 2.30. The molecular weight excluding hydrogens is 342 g/mol. The first-order valence-corrected chi connectivity index (χ1v) is 8.96. The summed E-state index contributed by atoms with van der Waals surface area (Å²) in [5, 5.41) is 3.18. The number of aryl methyl sites for hydroxylation is 1. The fourth-order valence-electron chi connectivity index (χ4n) is 3.15. The fourth-order valence-corrected chi connectivity index (χ4v) is 4.16. The molecule has 1 N–H and O–H groups in total. The van der Waals surface area contributed by atoms with Crippen LogP contribution in [0.3, 0.4) is 0 Å². The summed E-state index contributed by atoms with van der Waals surface area (Å²) in [5.41, 5.74) is -0.0776. The Morgan fingerprint density at radius 2 is 1.72 bits per heavy atom. The molecule has 0 saturated carbocycles. The van der Waals surface area contributed by atoms with Gasteiger partial charge in [0.1, 0.15) is 21.5 Å². The van der Waals surface area contributed by atoms with Gasteiger partial charge in [-0.3, -0.25) is 4.79 Å². The van der Waals surface area contributed by atoms with Gasteiger partial charge in [0.15, 0.2) is 0 Å². The number of nitrogens with zero attached hydrogens (tertiary/aromatic N) is 1. The van der Waals surface area contributed by atoms with E-state index in [-0.39, 0.29) is 21.9 Å². The van der Waals surface area contributed by atoms with E-state index < -0.39 is 17.2 Å². The third kappa shape index (κ3) is 4.84. The number of hydrogen-bond acceptors (Lipinski definition) is 3. The van der Waals surface area contributed by atoms with Gasteiger partial charge in [0.25, 0.3) is 5.91 Å². The molecular formula is C19H24F2N2OS. The maximum Gasteiger partial charge on any atom is 0.263 e. The molecule has 136 valence electrons. The minimum absolute atomic E-state index is 0.0565. The Labute approximate surface area is 151 Å². The zero-order valence-electron chi connectivity index (χ0n) is 15.5. The lowest BCUT2D eigenvalue weighted by Gasteiger charge is -2.33. The molecule has 1 aromatic heterocycles. The maximum absolute atomic E-state index is 14.0. The Hall–Kier alpha value is -1.82. The van der Waals surface area contributed by atoms with Crippen LogP contribution in [0.5, 0.6) is 0 Å². The van der Waals surface area contributed by atoms with Gasteiger partial charge in [-0.25, -0.2) is 13.8 Å². The highest BCUT2D eigenvalue weighted by molar-refractivity contribution is 7.17. The molecule has 0 atom stereocenters. The van der Waals surface area contributed by atoms with E-state index >= 15 is 0 Å². The topological polar surface area (TPSA) is 42.0 Å². The summed E-state index contributed by atoms with van der Waals surface area (Å²) in [6.07, 6.45) is 0.790. The summed E-state index contributed by atoms with van der Waals surface area (Å²) in [7, 11) is 0. The summed E-state index contributed by atoms with van der Waals surface area (Å²) >= 11 is 1.00. The standard InChI is InChI=1S/C19H24F2N2OS/c1-11-15(16(24)23-19(5,6)10-18(2,3)4)25-17(22-11)14-12(20)8-7-9-13(14)21/h7-9H,10H2,1-6H3,(H,23,24). The Morgan fingerprint density at radius 3 is 2.24 bits per heavy atom. The van der Waals surface area contributed by atoms with Gasteiger partial charge in [-0.15, -0.1) is 11.3 Å². The zero-order chi connectivity index (χ0) is 19.0. The van der Waals surface area contributed by atoms with Gasteiger partial charge in [0, 0.05) is 5.54 Å². The highest BCUT2D eigenvalue weighted by Gasteiger charge is 2.29. The van der Waals surface area contributed by atoms with Crippen LogP contribution in [0.2, 0.25) is 0 Å². The summed E-state index contributed by atoms with van der Waals surface area (Å²) in [4.78, 5) is 17.2. The molecule has 0 spiro atoms. The van der Waals surface area contributed by atoms with Crippen LogP contribution < -0.4 is 5.32 Å². The van der Waals surface area contributed by atoms with E-state index in [4.69, 9.17) is 0 Å². The number of hydrogen-bond donors (Lipinski definition) is 1. The van der Waals surface area contributed by atoms with Crippen LogP contribution in [0.25, 0.3) is 10.6 Å². The molecule has 0 aliphatic heterocycles. The number of rotatable bonds is 4. The molecule has 2 aromatic rings. The van der Waals surface area contributed by atoms with E-state index in [2.05, 4.69) is 31.1 Å². The minimum atomic E-state index is -0.686. The summed E-state index contributed by atoms with van der Waals surface area (Å²) in [6.45, 7) is 11.9. The van der Waals surface area contributed by atoms with Gasteiger partial charge in [0.05, 0.1) is 11.3 Å². The molecule has 0 saturated heterocycles. The maximum atomic E-state index is 14.0. The molecule has 0 radical (unpaired) electrons. The second-order valence-corrected chi connectivity index (χ2v) is 9.10. The van der Waals surface area contributed by atoms with Crippen molar-refractivity contribution >= 4 is 17.2 Å². The van der Waals surface area contributed by atoms with Crippen molar-refractivity contribution in [3.63, 3.8) is 0 Å². The fraction of sp³-hybridized carbons (Fsp3) is 0.474.